The van der Waals surface area contributed by atoms with Crippen LogP contribution in [0.2, 0.25) is 0 Å². The lowest BCUT2D eigenvalue weighted by Crippen LogP contribution is -2.29. The van der Waals surface area contributed by atoms with E-state index in [1.165, 1.54) is 0 Å². The predicted octanol–water partition coefficient (Wildman–Crippen LogP) is 0.873. The molecule has 0 saturated heterocycles. The summed E-state index contributed by atoms with van der Waals surface area (Å²) in [5.74, 6) is 5.46. The number of amides is 1. The molecule has 0 aliphatic carbocycles. The fourth-order valence-electron chi connectivity index (χ4n) is 1.25. The van der Waals surface area contributed by atoms with Crippen molar-refractivity contribution in [2.45, 2.75) is 12.2 Å². The molecule has 0 aliphatic heterocycles. The summed E-state index contributed by atoms with van der Waals surface area (Å²) in [5, 5.41) is 3.26. The summed E-state index contributed by atoms with van der Waals surface area (Å²) in [6, 6.07) is 1.67. The van der Waals surface area contributed by atoms with E-state index in [4.69, 9.17) is 5.73 Å². The number of carbonyl (C=O) groups excluding carboxylic acids is 1. The number of nitrogens with one attached hydrogen (secondary N) is 1. The van der Waals surface area contributed by atoms with Gasteiger partial charge in [0.25, 0.3) is 5.91 Å². The lowest BCUT2D eigenvalue weighted by atomic mass is 10.1. The van der Waals surface area contributed by atoms with E-state index in [1.54, 1.807) is 30.2 Å². The first-order valence-electron chi connectivity index (χ1n) is 5.63. The van der Waals surface area contributed by atoms with E-state index < -0.39 is 0 Å². The Kier molecular flexibility index (Phi) is 6.26. The smallest absolute Gasteiger partial charge is 0.252 e. The van der Waals surface area contributed by atoms with E-state index in [0.29, 0.717) is 22.9 Å². The zero-order valence-corrected chi connectivity index (χ0v) is 11.4. The van der Waals surface area contributed by atoms with Crippen molar-refractivity contribution in [2.24, 2.45) is 5.73 Å². The molecule has 1 aromatic rings. The van der Waals surface area contributed by atoms with Gasteiger partial charge in [-0.3, -0.25) is 9.78 Å². The molecule has 1 aromatic heterocycles. The quantitative estimate of drug-likeness (QED) is 0.791. The molecule has 96 valence electrons. The second-order valence-corrected chi connectivity index (χ2v) is 4.96. The molecule has 0 saturated carbocycles. The Morgan fingerprint density at radius 1 is 1.67 bits per heavy atom. The van der Waals surface area contributed by atoms with Crippen LogP contribution >= 0.6 is 11.8 Å². The molecule has 3 N–H and O–H groups in total. The van der Waals surface area contributed by atoms with Gasteiger partial charge in [-0.05, 0) is 12.3 Å². The van der Waals surface area contributed by atoms with Crippen molar-refractivity contribution in [1.29, 1.82) is 0 Å². The van der Waals surface area contributed by atoms with Gasteiger partial charge < -0.3 is 11.1 Å². The Bertz CT molecular complexity index is 465. The summed E-state index contributed by atoms with van der Waals surface area (Å²) in [6.45, 7) is 2.96. The van der Waals surface area contributed by atoms with Gasteiger partial charge in [0.15, 0.2) is 0 Å². The standard InChI is InChI=1S/C13H17N3OS/c1-10(18-2)8-16-13(17)12-5-7-15-9-11(12)4-3-6-14/h5,7,9-10H,6,8,14H2,1-2H3,(H,16,17). The van der Waals surface area contributed by atoms with Gasteiger partial charge in [-0.25, -0.2) is 0 Å². The van der Waals surface area contributed by atoms with E-state index in [0.717, 1.165) is 0 Å². The van der Waals surface area contributed by atoms with E-state index in [1.807, 2.05) is 6.26 Å². The molecule has 1 heterocycles. The first kappa shape index (κ1) is 14.6. The topological polar surface area (TPSA) is 68.0 Å². The molecule has 18 heavy (non-hydrogen) atoms. The third-order valence-electron chi connectivity index (χ3n) is 2.34. The molecule has 5 heteroatoms. The maximum atomic E-state index is 12.0. The highest BCUT2D eigenvalue weighted by atomic mass is 32.2. The monoisotopic (exact) mass is 263 g/mol. The average molecular weight is 263 g/mol. The van der Waals surface area contributed by atoms with Gasteiger partial charge in [0.05, 0.1) is 17.7 Å². The van der Waals surface area contributed by atoms with Crippen molar-refractivity contribution in [3.63, 3.8) is 0 Å². The summed E-state index contributed by atoms with van der Waals surface area (Å²) in [5.41, 5.74) is 6.47. The van der Waals surface area contributed by atoms with Crippen molar-refractivity contribution in [1.82, 2.24) is 10.3 Å². The van der Waals surface area contributed by atoms with Crippen LogP contribution in [0.5, 0.6) is 0 Å². The Hall–Kier alpha value is -1.51. The fourth-order valence-corrected chi connectivity index (χ4v) is 1.50. The van der Waals surface area contributed by atoms with E-state index in [-0.39, 0.29) is 12.5 Å². The van der Waals surface area contributed by atoms with Gasteiger partial charge >= 0.3 is 0 Å². The van der Waals surface area contributed by atoms with Crippen molar-refractivity contribution in [3.8, 4) is 11.8 Å². The molecular weight excluding hydrogens is 246 g/mol. The van der Waals surface area contributed by atoms with Crippen LogP contribution in [0, 0.1) is 11.8 Å². The van der Waals surface area contributed by atoms with Crippen molar-refractivity contribution >= 4 is 17.7 Å². The molecule has 0 radical (unpaired) electrons. The first-order chi connectivity index (χ1) is 8.69. The number of carbonyl (C=O) groups is 1. The molecule has 1 atom stereocenters. The Balaban J connectivity index is 2.79. The number of nitrogens with two attached hydrogens (primary N) is 1. The number of pyridine rings is 1. The van der Waals surface area contributed by atoms with Crippen molar-refractivity contribution in [3.05, 3.63) is 29.6 Å². The molecule has 1 unspecified atom stereocenters. The summed E-state index contributed by atoms with van der Waals surface area (Å²) >= 11 is 1.71. The van der Waals surface area contributed by atoms with Gasteiger partial charge in [0.2, 0.25) is 0 Å². The third-order valence-corrected chi connectivity index (χ3v) is 3.31. The summed E-state index contributed by atoms with van der Waals surface area (Å²) in [7, 11) is 0. The number of aromatic nitrogens is 1. The highest BCUT2D eigenvalue weighted by Crippen LogP contribution is 2.07. The van der Waals surface area contributed by atoms with Gasteiger partial charge in [0, 0.05) is 24.2 Å². The predicted molar refractivity (Wildman–Crippen MR) is 75.5 cm³/mol. The molecule has 0 spiro atoms. The van der Waals surface area contributed by atoms with Crippen molar-refractivity contribution in [2.75, 3.05) is 19.3 Å². The molecule has 0 bridgehead atoms. The molecular formula is C13H17N3OS. The van der Waals surface area contributed by atoms with Crippen LogP contribution in [0.4, 0.5) is 0 Å². The summed E-state index contributed by atoms with van der Waals surface area (Å²) in [6.07, 6.45) is 5.18. The molecule has 4 nitrogen and oxygen atoms in total. The summed E-state index contributed by atoms with van der Waals surface area (Å²) < 4.78 is 0. The lowest BCUT2D eigenvalue weighted by Gasteiger charge is -2.10. The van der Waals surface area contributed by atoms with Crippen LogP contribution in [-0.2, 0) is 0 Å². The molecule has 0 aliphatic rings. The van der Waals surface area contributed by atoms with E-state index in [9.17, 15) is 4.79 Å². The minimum absolute atomic E-state index is 0.125. The zero-order chi connectivity index (χ0) is 13.4. The normalized spacial score (nSPS) is 11.3. The van der Waals surface area contributed by atoms with Crippen LogP contribution in [0.3, 0.4) is 0 Å². The Morgan fingerprint density at radius 2 is 2.44 bits per heavy atom. The van der Waals surface area contributed by atoms with Crippen LogP contribution < -0.4 is 11.1 Å². The Labute approximate surface area is 112 Å². The number of hydrogen-bond donors (Lipinski definition) is 2. The molecule has 1 amide bonds. The van der Waals surface area contributed by atoms with Gasteiger partial charge in [-0.15, -0.1) is 0 Å². The third kappa shape index (κ3) is 4.40. The van der Waals surface area contributed by atoms with Crippen LogP contribution in [0.1, 0.15) is 22.8 Å². The van der Waals surface area contributed by atoms with E-state index in [2.05, 4.69) is 29.1 Å². The first-order valence-corrected chi connectivity index (χ1v) is 6.91. The highest BCUT2D eigenvalue weighted by Gasteiger charge is 2.10. The van der Waals surface area contributed by atoms with Gasteiger partial charge in [-0.2, -0.15) is 11.8 Å². The minimum Gasteiger partial charge on any atom is -0.351 e. The Morgan fingerprint density at radius 3 is 3.11 bits per heavy atom. The van der Waals surface area contributed by atoms with E-state index >= 15 is 0 Å². The lowest BCUT2D eigenvalue weighted by molar-refractivity contribution is 0.0954. The molecule has 1 rings (SSSR count). The van der Waals surface area contributed by atoms with Crippen LogP contribution in [0.15, 0.2) is 18.5 Å². The summed E-state index contributed by atoms with van der Waals surface area (Å²) in [4.78, 5) is 16.0. The van der Waals surface area contributed by atoms with Gasteiger partial charge in [0.1, 0.15) is 0 Å². The number of nitrogens with zero attached hydrogens (tertiary/aromatic N) is 1. The average Bonchev–Trinajstić information content (AvgIpc) is 2.42. The number of thioether (sulfide) groups is 1. The highest BCUT2D eigenvalue weighted by molar-refractivity contribution is 7.99. The SMILES string of the molecule is CSC(C)CNC(=O)c1ccncc1C#CCN. The zero-order valence-electron chi connectivity index (χ0n) is 10.6. The van der Waals surface area contributed by atoms with Gasteiger partial charge in [-0.1, -0.05) is 18.8 Å². The minimum atomic E-state index is -0.125. The van der Waals surface area contributed by atoms with Crippen LogP contribution in [-0.4, -0.2) is 35.5 Å². The maximum absolute atomic E-state index is 12.0. The largest absolute Gasteiger partial charge is 0.351 e. The maximum Gasteiger partial charge on any atom is 0.252 e. The van der Waals surface area contributed by atoms with Crippen LogP contribution in [0.25, 0.3) is 0 Å². The number of rotatable bonds is 4. The molecule has 0 fully saturated rings. The molecule has 0 aromatic carbocycles. The van der Waals surface area contributed by atoms with Crippen molar-refractivity contribution < 1.29 is 4.79 Å². The fraction of sp³-hybridized carbons (Fsp3) is 0.385. The second kappa shape index (κ2) is 7.75. The second-order valence-electron chi connectivity index (χ2n) is 3.68. The number of hydrogen-bond acceptors (Lipinski definition) is 4.